The maximum absolute atomic E-state index is 13.0. The highest BCUT2D eigenvalue weighted by atomic mass is 35.5. The molecule has 0 fully saturated rings. The van der Waals surface area contributed by atoms with E-state index in [1.807, 2.05) is 6.07 Å². The van der Waals surface area contributed by atoms with E-state index in [2.05, 4.69) is 46.6 Å². The Balaban J connectivity index is 0.00000259. The highest BCUT2D eigenvalue weighted by molar-refractivity contribution is 6.40. The first-order valence-corrected chi connectivity index (χ1v) is 11.0. The number of halogens is 3. The van der Waals surface area contributed by atoms with Crippen LogP contribution in [0.2, 0.25) is 10.0 Å². The van der Waals surface area contributed by atoms with Gasteiger partial charge in [-0.25, -0.2) is 4.98 Å². The van der Waals surface area contributed by atoms with Gasteiger partial charge in [0.25, 0.3) is 5.91 Å². The molecule has 7 nitrogen and oxygen atoms in total. The molecule has 33 heavy (non-hydrogen) atoms. The summed E-state index contributed by atoms with van der Waals surface area (Å²) in [7, 11) is 0. The molecule has 0 radical (unpaired) electrons. The SMILES string of the molecule is CC1(C)CNCc2cc(Nc3ncc4c(n3)OCN(c3c(Cl)cccc3Cl)C4=O)ccc21.Cl. The Morgan fingerprint density at radius 3 is 2.70 bits per heavy atom. The summed E-state index contributed by atoms with van der Waals surface area (Å²) in [6.45, 7) is 6.17. The predicted octanol–water partition coefficient (Wildman–Crippen LogP) is 5.33. The van der Waals surface area contributed by atoms with Gasteiger partial charge in [-0.1, -0.05) is 49.2 Å². The molecular formula is C23H22Cl3N5O2. The van der Waals surface area contributed by atoms with Crippen LogP contribution in [0.4, 0.5) is 17.3 Å². The van der Waals surface area contributed by atoms with E-state index in [0.29, 0.717) is 21.7 Å². The number of amides is 1. The number of nitrogens with one attached hydrogen (secondary N) is 2. The monoisotopic (exact) mass is 505 g/mol. The fourth-order valence-electron chi connectivity index (χ4n) is 4.14. The lowest BCUT2D eigenvalue weighted by Gasteiger charge is -2.33. The molecule has 0 aliphatic carbocycles. The van der Waals surface area contributed by atoms with Gasteiger partial charge in [-0.05, 0) is 35.4 Å². The highest BCUT2D eigenvalue weighted by Crippen LogP contribution is 2.37. The number of carbonyl (C=O) groups excluding carboxylic acids is 1. The molecule has 172 valence electrons. The molecule has 1 aromatic heterocycles. The Morgan fingerprint density at radius 2 is 1.94 bits per heavy atom. The van der Waals surface area contributed by atoms with Gasteiger partial charge in [0.1, 0.15) is 5.56 Å². The third-order valence-corrected chi connectivity index (χ3v) is 6.35. The third-order valence-electron chi connectivity index (χ3n) is 5.74. The van der Waals surface area contributed by atoms with Crippen LogP contribution in [0.5, 0.6) is 5.88 Å². The number of fused-ring (bicyclic) bond motifs is 2. The summed E-state index contributed by atoms with van der Waals surface area (Å²) >= 11 is 12.5. The molecule has 0 atom stereocenters. The fourth-order valence-corrected chi connectivity index (χ4v) is 4.74. The molecule has 0 unspecified atom stereocenters. The molecule has 0 saturated heterocycles. The maximum Gasteiger partial charge on any atom is 0.268 e. The van der Waals surface area contributed by atoms with Crippen molar-refractivity contribution in [2.75, 3.05) is 23.5 Å². The number of hydrogen-bond donors (Lipinski definition) is 2. The zero-order valence-corrected chi connectivity index (χ0v) is 20.3. The molecule has 0 bridgehead atoms. The van der Waals surface area contributed by atoms with Crippen molar-refractivity contribution in [3.63, 3.8) is 0 Å². The topological polar surface area (TPSA) is 79.4 Å². The number of nitrogens with zero attached hydrogens (tertiary/aromatic N) is 3. The molecule has 2 N–H and O–H groups in total. The number of benzene rings is 2. The van der Waals surface area contributed by atoms with Gasteiger partial charge in [-0.3, -0.25) is 9.69 Å². The number of carbonyl (C=O) groups is 1. The summed E-state index contributed by atoms with van der Waals surface area (Å²) in [5.41, 5.74) is 4.17. The number of ether oxygens (including phenoxy) is 1. The Morgan fingerprint density at radius 1 is 1.18 bits per heavy atom. The second kappa shape index (κ2) is 8.99. The van der Waals surface area contributed by atoms with Crippen molar-refractivity contribution in [1.82, 2.24) is 15.3 Å². The smallest absolute Gasteiger partial charge is 0.268 e. The van der Waals surface area contributed by atoms with Gasteiger partial charge in [-0.2, -0.15) is 4.98 Å². The third kappa shape index (κ3) is 4.34. The zero-order chi connectivity index (χ0) is 22.5. The minimum absolute atomic E-state index is 0. The minimum atomic E-state index is -0.324. The lowest BCUT2D eigenvalue weighted by molar-refractivity contribution is 0.0932. The molecule has 3 heterocycles. The minimum Gasteiger partial charge on any atom is -0.455 e. The van der Waals surface area contributed by atoms with Crippen LogP contribution in [-0.2, 0) is 12.0 Å². The first-order valence-electron chi connectivity index (χ1n) is 10.2. The van der Waals surface area contributed by atoms with E-state index < -0.39 is 0 Å². The number of aromatic nitrogens is 2. The molecule has 2 aliphatic rings. The van der Waals surface area contributed by atoms with E-state index >= 15 is 0 Å². The lowest BCUT2D eigenvalue weighted by Crippen LogP contribution is -2.39. The Kier molecular flexibility index (Phi) is 6.42. The summed E-state index contributed by atoms with van der Waals surface area (Å²) in [6.07, 6.45) is 1.45. The molecule has 0 spiro atoms. The van der Waals surface area contributed by atoms with Crippen LogP contribution in [0, 0.1) is 0 Å². The number of hydrogen-bond acceptors (Lipinski definition) is 6. The van der Waals surface area contributed by atoms with Crippen LogP contribution in [-0.4, -0.2) is 29.2 Å². The van der Waals surface area contributed by atoms with Crippen molar-refractivity contribution in [2.45, 2.75) is 25.8 Å². The molecule has 10 heteroatoms. The van der Waals surface area contributed by atoms with Crippen LogP contribution < -0.4 is 20.3 Å². The van der Waals surface area contributed by atoms with E-state index in [1.54, 1.807) is 18.2 Å². The first kappa shape index (κ1) is 23.6. The molecule has 3 aromatic rings. The predicted molar refractivity (Wildman–Crippen MR) is 133 cm³/mol. The van der Waals surface area contributed by atoms with Gasteiger partial charge in [0, 0.05) is 30.4 Å². The molecule has 2 aromatic carbocycles. The summed E-state index contributed by atoms with van der Waals surface area (Å²) < 4.78 is 5.75. The summed E-state index contributed by atoms with van der Waals surface area (Å²) in [5.74, 6) is 0.242. The summed E-state index contributed by atoms with van der Waals surface area (Å²) in [6, 6.07) is 11.3. The maximum atomic E-state index is 13.0. The Hall–Kier alpha value is -2.58. The van der Waals surface area contributed by atoms with E-state index in [1.165, 1.54) is 22.2 Å². The molecule has 2 aliphatic heterocycles. The van der Waals surface area contributed by atoms with Crippen molar-refractivity contribution >= 4 is 58.8 Å². The quantitative estimate of drug-likeness (QED) is 0.500. The molecular weight excluding hydrogens is 485 g/mol. The molecule has 1 amide bonds. The average Bonchev–Trinajstić information content (AvgIpc) is 2.75. The van der Waals surface area contributed by atoms with Gasteiger partial charge in [0.15, 0.2) is 6.73 Å². The van der Waals surface area contributed by atoms with Crippen molar-refractivity contribution in [3.8, 4) is 5.88 Å². The van der Waals surface area contributed by atoms with Crippen molar-refractivity contribution in [3.05, 3.63) is 69.3 Å². The van der Waals surface area contributed by atoms with Crippen LogP contribution in [0.15, 0.2) is 42.6 Å². The normalized spacial score (nSPS) is 16.2. The van der Waals surface area contributed by atoms with Crippen LogP contribution in [0.3, 0.4) is 0 Å². The lowest BCUT2D eigenvalue weighted by atomic mass is 9.79. The summed E-state index contributed by atoms with van der Waals surface area (Å²) in [4.78, 5) is 23.1. The van der Waals surface area contributed by atoms with E-state index in [4.69, 9.17) is 27.9 Å². The molecule has 0 saturated carbocycles. The van der Waals surface area contributed by atoms with E-state index in [-0.39, 0.29) is 41.9 Å². The highest BCUT2D eigenvalue weighted by Gasteiger charge is 2.31. The van der Waals surface area contributed by atoms with Crippen LogP contribution >= 0.6 is 35.6 Å². The van der Waals surface area contributed by atoms with Gasteiger partial charge in [0.05, 0.1) is 15.7 Å². The standard InChI is InChI=1S/C23H21Cl2N5O2.ClH/c1-23(2)11-26-9-13-8-14(6-7-16(13)23)28-22-27-10-15-20(29-22)32-12-30(21(15)31)19-17(24)4-3-5-18(19)25;/h3-8,10,26H,9,11-12H2,1-2H3,(H,27,28,29);1H. The number of para-hydroxylation sites is 1. The van der Waals surface area contributed by atoms with Gasteiger partial charge < -0.3 is 15.4 Å². The van der Waals surface area contributed by atoms with Crippen molar-refractivity contribution in [2.24, 2.45) is 0 Å². The number of anilines is 3. The molecule has 5 rings (SSSR count). The number of rotatable bonds is 3. The largest absolute Gasteiger partial charge is 0.455 e. The van der Waals surface area contributed by atoms with Gasteiger partial charge >= 0.3 is 0 Å². The zero-order valence-electron chi connectivity index (χ0n) is 18.0. The fraction of sp³-hybridized carbons (Fsp3) is 0.261. The van der Waals surface area contributed by atoms with Crippen LogP contribution in [0.1, 0.15) is 35.3 Å². The Bertz CT molecular complexity index is 1210. The van der Waals surface area contributed by atoms with E-state index in [9.17, 15) is 4.79 Å². The second-order valence-corrected chi connectivity index (χ2v) is 9.29. The second-order valence-electron chi connectivity index (χ2n) is 8.47. The van der Waals surface area contributed by atoms with Crippen LogP contribution in [0.25, 0.3) is 0 Å². The van der Waals surface area contributed by atoms with E-state index in [0.717, 1.165) is 18.8 Å². The Labute approximate surface area is 207 Å². The van der Waals surface area contributed by atoms with Gasteiger partial charge in [-0.15, -0.1) is 12.4 Å². The van der Waals surface area contributed by atoms with Gasteiger partial charge in [0.2, 0.25) is 11.8 Å². The average molecular weight is 507 g/mol. The van der Waals surface area contributed by atoms with Crippen molar-refractivity contribution in [1.29, 1.82) is 0 Å². The first-order chi connectivity index (χ1) is 15.3. The van der Waals surface area contributed by atoms with Crippen molar-refractivity contribution < 1.29 is 9.53 Å². The summed E-state index contributed by atoms with van der Waals surface area (Å²) in [5, 5.41) is 7.39.